The number of carbonyl (C=O) groups excluding carboxylic acids is 1. The Kier molecular flexibility index (Phi) is 5.42. The molecule has 0 aliphatic carbocycles. The SMILES string of the molecule is CC(CC(=O)O)CC(=O)NC(C)Cc1ccco1. The van der Waals surface area contributed by atoms with Crippen molar-refractivity contribution in [3.8, 4) is 0 Å². The van der Waals surface area contributed by atoms with Crippen LogP contribution in [0.3, 0.4) is 0 Å². The second kappa shape index (κ2) is 6.83. The first-order chi connectivity index (χ1) is 8.47. The number of carboxylic acids is 1. The summed E-state index contributed by atoms with van der Waals surface area (Å²) >= 11 is 0. The summed E-state index contributed by atoms with van der Waals surface area (Å²) in [6, 6.07) is 3.63. The summed E-state index contributed by atoms with van der Waals surface area (Å²) in [6.07, 6.45) is 2.47. The van der Waals surface area contributed by atoms with Gasteiger partial charge in [0.2, 0.25) is 5.91 Å². The molecule has 18 heavy (non-hydrogen) atoms. The highest BCUT2D eigenvalue weighted by atomic mass is 16.4. The minimum atomic E-state index is -0.876. The average molecular weight is 253 g/mol. The third-order valence-corrected chi connectivity index (χ3v) is 2.55. The summed E-state index contributed by atoms with van der Waals surface area (Å²) in [4.78, 5) is 22.1. The molecule has 0 radical (unpaired) electrons. The molecule has 1 aromatic heterocycles. The molecule has 0 aliphatic heterocycles. The quantitative estimate of drug-likeness (QED) is 0.777. The first-order valence-electron chi connectivity index (χ1n) is 6.01. The lowest BCUT2D eigenvalue weighted by molar-refractivity contribution is -0.138. The van der Waals surface area contributed by atoms with E-state index in [0.717, 1.165) is 5.76 Å². The Balaban J connectivity index is 2.29. The standard InChI is InChI=1S/C13H19NO4/c1-9(7-13(16)17)6-12(15)14-10(2)8-11-4-3-5-18-11/h3-5,9-10H,6-8H2,1-2H3,(H,14,15)(H,16,17). The van der Waals surface area contributed by atoms with Gasteiger partial charge in [0.05, 0.1) is 6.26 Å². The largest absolute Gasteiger partial charge is 0.481 e. The van der Waals surface area contributed by atoms with E-state index in [1.807, 2.05) is 13.0 Å². The maximum absolute atomic E-state index is 11.6. The lowest BCUT2D eigenvalue weighted by atomic mass is 10.0. The van der Waals surface area contributed by atoms with Crippen LogP contribution < -0.4 is 5.32 Å². The van der Waals surface area contributed by atoms with E-state index < -0.39 is 5.97 Å². The average Bonchev–Trinajstić information content (AvgIpc) is 2.67. The number of rotatable bonds is 7. The van der Waals surface area contributed by atoms with Gasteiger partial charge in [-0.3, -0.25) is 9.59 Å². The fourth-order valence-corrected chi connectivity index (χ4v) is 1.80. The number of hydrogen-bond donors (Lipinski definition) is 2. The highest BCUT2D eigenvalue weighted by Crippen LogP contribution is 2.08. The first-order valence-corrected chi connectivity index (χ1v) is 6.01. The van der Waals surface area contributed by atoms with E-state index in [0.29, 0.717) is 6.42 Å². The number of nitrogens with one attached hydrogen (secondary N) is 1. The molecule has 0 fully saturated rings. The first kappa shape index (κ1) is 14.3. The summed E-state index contributed by atoms with van der Waals surface area (Å²) < 4.78 is 5.19. The van der Waals surface area contributed by atoms with Crippen LogP contribution in [0.25, 0.3) is 0 Å². The molecule has 1 aromatic rings. The van der Waals surface area contributed by atoms with Crippen molar-refractivity contribution in [3.63, 3.8) is 0 Å². The van der Waals surface area contributed by atoms with E-state index in [-0.39, 0.29) is 30.7 Å². The van der Waals surface area contributed by atoms with Crippen LogP contribution in [0.1, 0.15) is 32.4 Å². The molecule has 0 aliphatic rings. The van der Waals surface area contributed by atoms with Crippen molar-refractivity contribution >= 4 is 11.9 Å². The number of furan rings is 1. The second-order valence-corrected chi connectivity index (χ2v) is 4.66. The maximum Gasteiger partial charge on any atom is 0.303 e. The number of aliphatic carboxylic acids is 1. The normalized spacial score (nSPS) is 13.9. The summed E-state index contributed by atoms with van der Waals surface area (Å²) in [5.41, 5.74) is 0. The van der Waals surface area contributed by atoms with Crippen molar-refractivity contribution < 1.29 is 19.1 Å². The molecule has 5 nitrogen and oxygen atoms in total. The van der Waals surface area contributed by atoms with Crippen molar-refractivity contribution in [2.45, 2.75) is 39.2 Å². The Bertz CT molecular complexity index is 386. The number of carbonyl (C=O) groups is 2. The lowest BCUT2D eigenvalue weighted by Crippen LogP contribution is -2.35. The highest BCUT2D eigenvalue weighted by Gasteiger charge is 2.14. The minimum Gasteiger partial charge on any atom is -0.481 e. The zero-order valence-electron chi connectivity index (χ0n) is 10.7. The van der Waals surface area contributed by atoms with Gasteiger partial charge in [0.1, 0.15) is 5.76 Å². The predicted molar refractivity (Wildman–Crippen MR) is 66.1 cm³/mol. The molecule has 2 atom stereocenters. The number of amides is 1. The van der Waals surface area contributed by atoms with Crippen LogP contribution in [0.4, 0.5) is 0 Å². The Labute approximate surface area is 106 Å². The van der Waals surface area contributed by atoms with Gasteiger partial charge in [-0.05, 0) is 25.0 Å². The zero-order chi connectivity index (χ0) is 13.5. The van der Waals surface area contributed by atoms with Crippen LogP contribution in [0, 0.1) is 5.92 Å². The van der Waals surface area contributed by atoms with Gasteiger partial charge in [0.15, 0.2) is 0 Å². The third-order valence-electron chi connectivity index (χ3n) is 2.55. The van der Waals surface area contributed by atoms with Crippen LogP contribution in [-0.4, -0.2) is 23.0 Å². The fraction of sp³-hybridized carbons (Fsp3) is 0.538. The summed E-state index contributed by atoms with van der Waals surface area (Å²) in [6.45, 7) is 3.65. The van der Waals surface area contributed by atoms with Crippen molar-refractivity contribution in [1.82, 2.24) is 5.32 Å². The summed E-state index contributed by atoms with van der Waals surface area (Å²) in [5.74, 6) is -0.332. The van der Waals surface area contributed by atoms with Gasteiger partial charge in [-0.15, -0.1) is 0 Å². The van der Waals surface area contributed by atoms with Crippen molar-refractivity contribution in [2.24, 2.45) is 5.92 Å². The van der Waals surface area contributed by atoms with Crippen LogP contribution >= 0.6 is 0 Å². The van der Waals surface area contributed by atoms with Crippen molar-refractivity contribution in [3.05, 3.63) is 24.2 Å². The zero-order valence-corrected chi connectivity index (χ0v) is 10.7. The molecular formula is C13H19NO4. The van der Waals surface area contributed by atoms with Gasteiger partial charge in [0.25, 0.3) is 0 Å². The molecule has 2 N–H and O–H groups in total. The molecule has 0 saturated carbocycles. The molecule has 2 unspecified atom stereocenters. The van der Waals surface area contributed by atoms with E-state index in [1.54, 1.807) is 19.3 Å². The molecule has 5 heteroatoms. The summed E-state index contributed by atoms with van der Waals surface area (Å²) in [5, 5.41) is 11.4. The molecule has 1 amide bonds. The third kappa shape index (κ3) is 5.52. The molecule has 1 heterocycles. The molecule has 0 aromatic carbocycles. The van der Waals surface area contributed by atoms with Gasteiger partial charge in [-0.25, -0.2) is 0 Å². The molecule has 0 saturated heterocycles. The Morgan fingerprint density at radius 3 is 2.67 bits per heavy atom. The predicted octanol–water partition coefficient (Wildman–Crippen LogP) is 1.83. The van der Waals surface area contributed by atoms with Gasteiger partial charge in [-0.1, -0.05) is 6.92 Å². The molecule has 0 bridgehead atoms. The van der Waals surface area contributed by atoms with E-state index in [9.17, 15) is 9.59 Å². The second-order valence-electron chi connectivity index (χ2n) is 4.66. The number of carboxylic acid groups (broad SMARTS) is 1. The van der Waals surface area contributed by atoms with Crippen molar-refractivity contribution in [1.29, 1.82) is 0 Å². The van der Waals surface area contributed by atoms with E-state index >= 15 is 0 Å². The highest BCUT2D eigenvalue weighted by molar-refractivity contribution is 5.77. The van der Waals surface area contributed by atoms with Gasteiger partial charge in [0, 0.05) is 25.3 Å². The van der Waals surface area contributed by atoms with Crippen LogP contribution in [0.5, 0.6) is 0 Å². The number of hydrogen-bond acceptors (Lipinski definition) is 3. The monoisotopic (exact) mass is 253 g/mol. The molecule has 0 spiro atoms. The Morgan fingerprint density at radius 2 is 2.11 bits per heavy atom. The van der Waals surface area contributed by atoms with E-state index in [2.05, 4.69) is 5.32 Å². The molecule has 100 valence electrons. The topological polar surface area (TPSA) is 79.5 Å². The van der Waals surface area contributed by atoms with E-state index in [1.165, 1.54) is 0 Å². The van der Waals surface area contributed by atoms with Crippen LogP contribution in [-0.2, 0) is 16.0 Å². The van der Waals surface area contributed by atoms with Crippen LogP contribution in [0.15, 0.2) is 22.8 Å². The minimum absolute atomic E-state index is 0.0139. The van der Waals surface area contributed by atoms with Gasteiger partial charge < -0.3 is 14.8 Å². The fourth-order valence-electron chi connectivity index (χ4n) is 1.80. The van der Waals surface area contributed by atoms with E-state index in [4.69, 9.17) is 9.52 Å². The summed E-state index contributed by atoms with van der Waals surface area (Å²) in [7, 11) is 0. The smallest absolute Gasteiger partial charge is 0.303 e. The maximum atomic E-state index is 11.6. The van der Waals surface area contributed by atoms with Crippen LogP contribution in [0.2, 0.25) is 0 Å². The lowest BCUT2D eigenvalue weighted by Gasteiger charge is -2.14. The van der Waals surface area contributed by atoms with Crippen molar-refractivity contribution in [2.75, 3.05) is 0 Å². The van der Waals surface area contributed by atoms with Gasteiger partial charge >= 0.3 is 5.97 Å². The molecule has 1 rings (SSSR count). The molecular weight excluding hydrogens is 234 g/mol. The Morgan fingerprint density at radius 1 is 1.39 bits per heavy atom. The Hall–Kier alpha value is -1.78. The van der Waals surface area contributed by atoms with Gasteiger partial charge in [-0.2, -0.15) is 0 Å².